The van der Waals surface area contributed by atoms with E-state index in [1.54, 1.807) is 6.92 Å². The first kappa shape index (κ1) is 8.94. The second kappa shape index (κ2) is 3.62. The molecule has 1 aliphatic rings. The quantitative estimate of drug-likeness (QED) is 0.662. The largest absolute Gasteiger partial charge is 0.461 e. The summed E-state index contributed by atoms with van der Waals surface area (Å²) in [7, 11) is 0. The van der Waals surface area contributed by atoms with Crippen molar-refractivity contribution in [2.45, 2.75) is 13.5 Å². The van der Waals surface area contributed by atoms with Crippen molar-refractivity contribution in [2.75, 3.05) is 6.61 Å². The van der Waals surface area contributed by atoms with Gasteiger partial charge in [0, 0.05) is 5.56 Å². The zero-order valence-corrected chi connectivity index (χ0v) is 7.99. The van der Waals surface area contributed by atoms with Crippen molar-refractivity contribution >= 4 is 11.7 Å². The summed E-state index contributed by atoms with van der Waals surface area (Å²) in [4.78, 5) is 15.6. The predicted octanol–water partition coefficient (Wildman–Crippen LogP) is 1.55. The predicted molar refractivity (Wildman–Crippen MR) is 53.3 cm³/mol. The molecular formula is C11H11NO2. The van der Waals surface area contributed by atoms with Gasteiger partial charge in [-0.3, -0.25) is 4.99 Å². The molecule has 0 saturated heterocycles. The van der Waals surface area contributed by atoms with Crippen molar-refractivity contribution in [1.82, 2.24) is 0 Å². The maximum Gasteiger partial charge on any atom is 0.357 e. The third-order valence-electron chi connectivity index (χ3n) is 2.15. The lowest BCUT2D eigenvalue weighted by molar-refractivity contribution is -0.134. The number of ether oxygens (including phenoxy) is 1. The lowest BCUT2D eigenvalue weighted by atomic mass is 10.1. The Balaban J connectivity index is 2.29. The number of carbonyl (C=O) groups excluding carboxylic acids is 1. The molecule has 0 bridgehead atoms. The second-order valence-corrected chi connectivity index (χ2v) is 3.04. The van der Waals surface area contributed by atoms with Gasteiger partial charge in [-0.25, -0.2) is 4.79 Å². The number of nitrogens with zero attached hydrogens (tertiary/aromatic N) is 1. The highest BCUT2D eigenvalue weighted by atomic mass is 16.5. The molecule has 1 aromatic rings. The van der Waals surface area contributed by atoms with E-state index in [4.69, 9.17) is 4.74 Å². The molecule has 0 saturated carbocycles. The molecule has 1 aliphatic heterocycles. The Morgan fingerprint density at radius 1 is 1.50 bits per heavy atom. The van der Waals surface area contributed by atoms with Crippen LogP contribution in [-0.4, -0.2) is 18.3 Å². The van der Waals surface area contributed by atoms with Crippen LogP contribution < -0.4 is 0 Å². The van der Waals surface area contributed by atoms with Crippen molar-refractivity contribution in [3.05, 3.63) is 35.4 Å². The molecule has 0 radical (unpaired) electrons. The number of esters is 1. The molecule has 0 N–H and O–H groups in total. The van der Waals surface area contributed by atoms with E-state index >= 15 is 0 Å². The maximum atomic E-state index is 11.5. The number of fused-ring (bicyclic) bond motifs is 1. The van der Waals surface area contributed by atoms with Gasteiger partial charge in [-0.05, 0) is 12.5 Å². The highest BCUT2D eigenvalue weighted by Crippen LogP contribution is 2.18. The van der Waals surface area contributed by atoms with E-state index in [0.717, 1.165) is 11.1 Å². The van der Waals surface area contributed by atoms with Gasteiger partial charge in [0.1, 0.15) is 0 Å². The molecule has 0 spiro atoms. The van der Waals surface area contributed by atoms with Gasteiger partial charge in [-0.1, -0.05) is 24.3 Å². The van der Waals surface area contributed by atoms with Crippen LogP contribution in [0.25, 0.3) is 0 Å². The van der Waals surface area contributed by atoms with Crippen LogP contribution in [-0.2, 0) is 16.1 Å². The Morgan fingerprint density at radius 2 is 2.29 bits per heavy atom. The Bertz CT molecular complexity index is 396. The summed E-state index contributed by atoms with van der Waals surface area (Å²) in [6.07, 6.45) is 0. The normalized spacial score (nSPS) is 13.4. The van der Waals surface area contributed by atoms with Gasteiger partial charge in [0.2, 0.25) is 0 Å². The summed E-state index contributed by atoms with van der Waals surface area (Å²) >= 11 is 0. The lowest BCUT2D eigenvalue weighted by Gasteiger charge is -2.02. The number of carbonyl (C=O) groups is 1. The van der Waals surface area contributed by atoms with Crippen LogP contribution >= 0.6 is 0 Å². The Kier molecular flexibility index (Phi) is 2.31. The SMILES string of the molecule is CCOC(=O)C1=NCc2ccccc21. The standard InChI is InChI=1S/C11H11NO2/c1-2-14-11(13)10-9-6-4-3-5-8(9)7-12-10/h3-6H,2,7H2,1H3. The van der Waals surface area contributed by atoms with Crippen molar-refractivity contribution < 1.29 is 9.53 Å². The van der Waals surface area contributed by atoms with Crippen LogP contribution in [0.1, 0.15) is 18.1 Å². The second-order valence-electron chi connectivity index (χ2n) is 3.04. The first-order valence-electron chi connectivity index (χ1n) is 4.62. The van der Waals surface area contributed by atoms with Crippen LogP contribution in [0.2, 0.25) is 0 Å². The molecule has 1 aromatic carbocycles. The number of aliphatic imine (C=N–C) groups is 1. The first-order chi connectivity index (χ1) is 6.83. The van der Waals surface area contributed by atoms with E-state index in [-0.39, 0.29) is 5.97 Å². The third-order valence-corrected chi connectivity index (χ3v) is 2.15. The molecule has 0 atom stereocenters. The zero-order chi connectivity index (χ0) is 9.97. The van der Waals surface area contributed by atoms with E-state index < -0.39 is 0 Å². The number of hydrogen-bond donors (Lipinski definition) is 0. The summed E-state index contributed by atoms with van der Waals surface area (Å²) < 4.78 is 4.91. The Morgan fingerprint density at radius 3 is 3.07 bits per heavy atom. The smallest absolute Gasteiger partial charge is 0.357 e. The van der Waals surface area contributed by atoms with Gasteiger partial charge in [0.25, 0.3) is 0 Å². The van der Waals surface area contributed by atoms with Crippen molar-refractivity contribution in [2.24, 2.45) is 4.99 Å². The molecule has 0 aromatic heterocycles. The summed E-state index contributed by atoms with van der Waals surface area (Å²) in [5, 5.41) is 0. The van der Waals surface area contributed by atoms with Crippen LogP contribution in [0.3, 0.4) is 0 Å². The number of hydrogen-bond acceptors (Lipinski definition) is 3. The average molecular weight is 189 g/mol. The van der Waals surface area contributed by atoms with Crippen LogP contribution in [0, 0.1) is 0 Å². The zero-order valence-electron chi connectivity index (χ0n) is 7.99. The van der Waals surface area contributed by atoms with Crippen LogP contribution in [0.4, 0.5) is 0 Å². The summed E-state index contributed by atoms with van der Waals surface area (Å²) in [6, 6.07) is 7.73. The molecule has 0 fully saturated rings. The summed E-state index contributed by atoms with van der Waals surface area (Å²) in [5.41, 5.74) is 2.46. The van der Waals surface area contributed by atoms with Crippen molar-refractivity contribution in [3.63, 3.8) is 0 Å². The lowest BCUT2D eigenvalue weighted by Crippen LogP contribution is -2.17. The topological polar surface area (TPSA) is 38.7 Å². The molecule has 0 amide bonds. The molecule has 1 heterocycles. The fourth-order valence-electron chi connectivity index (χ4n) is 1.51. The maximum absolute atomic E-state index is 11.5. The average Bonchev–Trinajstić information content (AvgIpc) is 2.61. The fraction of sp³-hybridized carbons (Fsp3) is 0.273. The Hall–Kier alpha value is -1.64. The molecule has 14 heavy (non-hydrogen) atoms. The highest BCUT2D eigenvalue weighted by Gasteiger charge is 2.22. The van der Waals surface area contributed by atoms with Gasteiger partial charge in [0.05, 0.1) is 13.2 Å². The first-order valence-corrected chi connectivity index (χ1v) is 4.62. The molecule has 3 nitrogen and oxygen atoms in total. The molecule has 2 rings (SSSR count). The fourth-order valence-corrected chi connectivity index (χ4v) is 1.51. The molecule has 0 aliphatic carbocycles. The monoisotopic (exact) mass is 189 g/mol. The van der Waals surface area contributed by atoms with Gasteiger partial charge < -0.3 is 4.74 Å². The van der Waals surface area contributed by atoms with E-state index in [0.29, 0.717) is 18.9 Å². The summed E-state index contributed by atoms with van der Waals surface area (Å²) in [6.45, 7) is 2.77. The van der Waals surface area contributed by atoms with Gasteiger partial charge in [-0.15, -0.1) is 0 Å². The van der Waals surface area contributed by atoms with Crippen LogP contribution in [0.5, 0.6) is 0 Å². The van der Waals surface area contributed by atoms with Crippen LogP contribution in [0.15, 0.2) is 29.3 Å². The van der Waals surface area contributed by atoms with Crippen molar-refractivity contribution in [3.8, 4) is 0 Å². The minimum absolute atomic E-state index is 0.322. The van der Waals surface area contributed by atoms with Gasteiger partial charge in [-0.2, -0.15) is 0 Å². The van der Waals surface area contributed by atoms with E-state index in [1.807, 2.05) is 24.3 Å². The van der Waals surface area contributed by atoms with Gasteiger partial charge >= 0.3 is 5.97 Å². The highest BCUT2D eigenvalue weighted by molar-refractivity contribution is 6.44. The Labute approximate surface area is 82.4 Å². The van der Waals surface area contributed by atoms with Gasteiger partial charge in [0.15, 0.2) is 5.71 Å². The number of benzene rings is 1. The van der Waals surface area contributed by atoms with Crippen molar-refractivity contribution in [1.29, 1.82) is 0 Å². The molecule has 72 valence electrons. The molecule has 3 heteroatoms. The third kappa shape index (κ3) is 1.41. The minimum Gasteiger partial charge on any atom is -0.461 e. The van der Waals surface area contributed by atoms with E-state index in [9.17, 15) is 4.79 Å². The van der Waals surface area contributed by atoms with E-state index in [2.05, 4.69) is 4.99 Å². The summed E-state index contributed by atoms with van der Waals surface area (Å²) in [5.74, 6) is -0.322. The minimum atomic E-state index is -0.322. The van der Waals surface area contributed by atoms with E-state index in [1.165, 1.54) is 0 Å². The molecule has 0 unspecified atom stereocenters. The molecular weight excluding hydrogens is 178 g/mol. The number of rotatable bonds is 2.